The van der Waals surface area contributed by atoms with Gasteiger partial charge in [0.15, 0.2) is 11.6 Å². The fraction of sp³-hybridized carbons (Fsp3) is 0.0952. The van der Waals surface area contributed by atoms with E-state index in [4.69, 9.17) is 26.3 Å². The minimum Gasteiger partial charge on any atom is -0.857 e. The maximum atomic E-state index is 8.25. The minimum absolute atomic E-state index is 0. The van der Waals surface area contributed by atoms with Crippen molar-refractivity contribution in [3.63, 3.8) is 0 Å². The fourth-order valence-corrected chi connectivity index (χ4v) is 2.85. The van der Waals surface area contributed by atoms with Gasteiger partial charge < -0.3 is 31.2 Å². The van der Waals surface area contributed by atoms with E-state index in [0.29, 0.717) is 0 Å². The van der Waals surface area contributed by atoms with Crippen molar-refractivity contribution in [1.29, 1.82) is 0 Å². The third-order valence-electron chi connectivity index (χ3n) is 4.01. The zero-order valence-electron chi connectivity index (χ0n) is 17.2. The molecule has 0 aliphatic carbocycles. The topological polar surface area (TPSA) is 172 Å². The van der Waals surface area contributed by atoms with E-state index in [0.717, 1.165) is 59.3 Å². The number of H-pyrrole nitrogens is 2. The molecule has 0 saturated heterocycles. The second-order valence-corrected chi connectivity index (χ2v) is 5.70. The van der Waals surface area contributed by atoms with Gasteiger partial charge in [0.25, 0.3) is 0 Å². The SMILES string of the molecule is CO.C[O-].[N-]=[N+]=[N-].[Ni+2].c1cc(-c2nc3ccccc3[nH]2)nc(-c2nc3ccccc3[nH]2)c1. The summed E-state index contributed by atoms with van der Waals surface area (Å²) < 4.78 is 0. The first-order valence-electron chi connectivity index (χ1n) is 9.00. The van der Waals surface area contributed by atoms with Gasteiger partial charge in [-0.2, -0.15) is 7.11 Å². The van der Waals surface area contributed by atoms with Crippen LogP contribution in [0.5, 0.6) is 0 Å². The summed E-state index contributed by atoms with van der Waals surface area (Å²) in [6.45, 7) is 0. The average Bonchev–Trinajstić information content (AvgIpc) is 3.47. The molecule has 3 aromatic heterocycles. The van der Waals surface area contributed by atoms with Crippen LogP contribution in [-0.2, 0) is 16.5 Å². The number of imidazole rings is 2. The molecule has 0 bridgehead atoms. The number of aromatic nitrogens is 5. The molecule has 3 heterocycles. The van der Waals surface area contributed by atoms with Crippen LogP contribution >= 0.6 is 0 Å². The first-order chi connectivity index (χ1) is 15.3. The largest absolute Gasteiger partial charge is 2.00 e. The molecule has 11 heteroatoms. The zero-order chi connectivity index (χ0) is 22.6. The van der Waals surface area contributed by atoms with E-state index in [2.05, 4.69) is 19.9 Å². The molecule has 0 aliphatic rings. The number of aliphatic hydroxyl groups excluding tert-OH is 1. The molecule has 5 aromatic rings. The predicted molar refractivity (Wildman–Crippen MR) is 119 cm³/mol. The first kappa shape index (κ1) is 26.3. The van der Waals surface area contributed by atoms with Gasteiger partial charge in [-0.3, -0.25) is 4.91 Å². The molecule has 0 spiro atoms. The summed E-state index contributed by atoms with van der Waals surface area (Å²) >= 11 is 0. The molecule has 0 radical (unpaired) electrons. The Hall–Kier alpha value is -3.75. The van der Waals surface area contributed by atoms with E-state index in [9.17, 15) is 0 Å². The van der Waals surface area contributed by atoms with E-state index < -0.39 is 0 Å². The fourth-order valence-electron chi connectivity index (χ4n) is 2.85. The van der Waals surface area contributed by atoms with Crippen molar-refractivity contribution in [2.24, 2.45) is 0 Å². The molecule has 2 aromatic carbocycles. The maximum absolute atomic E-state index is 8.25. The normalized spacial score (nSPS) is 9.12. The molecule has 0 saturated carbocycles. The number of para-hydroxylation sites is 4. The second-order valence-electron chi connectivity index (χ2n) is 5.70. The van der Waals surface area contributed by atoms with Crippen molar-refractivity contribution >= 4 is 22.1 Å². The molecule has 0 unspecified atom stereocenters. The zero-order valence-corrected chi connectivity index (χ0v) is 18.2. The van der Waals surface area contributed by atoms with Gasteiger partial charge in [-0.25, -0.2) is 15.0 Å². The molecule has 0 atom stereocenters. The number of nitrogens with zero attached hydrogens (tertiary/aromatic N) is 6. The Morgan fingerprint density at radius 1 is 0.688 bits per heavy atom. The number of pyridine rings is 1. The molecule has 5 rings (SSSR count). The molecule has 0 amide bonds. The Balaban J connectivity index is 0.000000582. The summed E-state index contributed by atoms with van der Waals surface area (Å²) in [5, 5.41) is 15.2. The minimum atomic E-state index is 0. The van der Waals surface area contributed by atoms with Gasteiger partial charge in [0.05, 0.1) is 22.1 Å². The van der Waals surface area contributed by atoms with Crippen LogP contribution in [0.1, 0.15) is 0 Å². The van der Waals surface area contributed by atoms with E-state index in [1.165, 1.54) is 4.91 Å². The third kappa shape index (κ3) is 6.13. The number of hydrogen-bond donors (Lipinski definition) is 3. The van der Waals surface area contributed by atoms with Crippen LogP contribution in [0.2, 0.25) is 0 Å². The Morgan fingerprint density at radius 2 is 1.06 bits per heavy atom. The molecule has 32 heavy (non-hydrogen) atoms. The monoisotopic (exact) mass is 474 g/mol. The van der Waals surface area contributed by atoms with Crippen LogP contribution in [0.25, 0.3) is 61.1 Å². The molecule has 0 aliphatic heterocycles. The molecule has 10 nitrogen and oxygen atoms in total. The Labute approximate surface area is 193 Å². The van der Waals surface area contributed by atoms with Gasteiger partial charge in [-0.05, 0) is 36.4 Å². The van der Waals surface area contributed by atoms with E-state index in [1.807, 2.05) is 66.7 Å². The summed E-state index contributed by atoms with van der Waals surface area (Å²) in [7, 11) is 1.75. The number of benzene rings is 2. The number of hydrogen-bond acceptors (Lipinski definition) is 5. The number of aliphatic hydroxyl groups is 1. The van der Waals surface area contributed by atoms with Gasteiger partial charge >= 0.3 is 16.5 Å². The van der Waals surface area contributed by atoms with E-state index in [-0.39, 0.29) is 16.5 Å². The van der Waals surface area contributed by atoms with Crippen molar-refractivity contribution in [2.45, 2.75) is 0 Å². The van der Waals surface area contributed by atoms with Crippen LogP contribution in [-0.4, -0.2) is 44.2 Å². The van der Waals surface area contributed by atoms with E-state index >= 15 is 0 Å². The summed E-state index contributed by atoms with van der Waals surface area (Å²) in [6.07, 6.45) is 0. The Bertz CT molecular complexity index is 1120. The van der Waals surface area contributed by atoms with Crippen LogP contribution in [0.3, 0.4) is 0 Å². The second kappa shape index (κ2) is 13.5. The number of fused-ring (bicyclic) bond motifs is 2. The van der Waals surface area contributed by atoms with Gasteiger partial charge in [0.2, 0.25) is 0 Å². The van der Waals surface area contributed by atoms with Crippen LogP contribution in [0, 0.1) is 0 Å². The van der Waals surface area contributed by atoms with Crippen molar-refractivity contribution in [2.75, 3.05) is 14.2 Å². The Morgan fingerprint density at radius 3 is 1.44 bits per heavy atom. The molecular formula is C21H20N8NiO2. The summed E-state index contributed by atoms with van der Waals surface area (Å²) in [5.41, 5.74) is 19.0. The third-order valence-corrected chi connectivity index (χ3v) is 4.01. The summed E-state index contributed by atoms with van der Waals surface area (Å²) in [6, 6.07) is 21.8. The molecule has 3 N–H and O–H groups in total. The van der Waals surface area contributed by atoms with Crippen LogP contribution in [0.4, 0.5) is 0 Å². The summed E-state index contributed by atoms with van der Waals surface area (Å²) in [5.74, 6) is 1.52. The van der Waals surface area contributed by atoms with Crippen molar-refractivity contribution in [1.82, 2.24) is 24.9 Å². The van der Waals surface area contributed by atoms with Gasteiger partial charge in [-0.1, -0.05) is 30.3 Å². The van der Waals surface area contributed by atoms with Crippen molar-refractivity contribution in [3.05, 3.63) is 82.7 Å². The van der Waals surface area contributed by atoms with Gasteiger partial charge in [-0.15, -0.1) is 0 Å². The quantitative estimate of drug-likeness (QED) is 0.153. The molecule has 166 valence electrons. The standard InChI is InChI=1S/C19H13N5.CH4O.CH3O.N3.Ni/c1-2-7-13-12(6-1)21-18(22-13)16-10-5-11-17(20-16)19-23-14-8-3-4-9-15(14)24-19;2*1-2;1-3-2;/h1-11H,(H,21,22)(H,23,24);2H,1H3;1H3;;/q;;2*-1;+2. The maximum Gasteiger partial charge on any atom is 2.00 e. The predicted octanol–water partition coefficient (Wildman–Crippen LogP) is 3.62. The smallest absolute Gasteiger partial charge is 0.857 e. The van der Waals surface area contributed by atoms with Gasteiger partial charge in [0, 0.05) is 7.11 Å². The number of rotatable bonds is 2. The average molecular weight is 475 g/mol. The van der Waals surface area contributed by atoms with Crippen molar-refractivity contribution in [3.8, 4) is 23.0 Å². The van der Waals surface area contributed by atoms with E-state index in [1.54, 1.807) is 0 Å². The number of nitrogens with one attached hydrogen (secondary N) is 2. The first-order valence-corrected chi connectivity index (χ1v) is 9.00. The van der Waals surface area contributed by atoms with Crippen LogP contribution in [0.15, 0.2) is 66.7 Å². The molecular weight excluding hydrogens is 455 g/mol. The summed E-state index contributed by atoms with van der Waals surface area (Å²) in [4.78, 5) is 22.1. The van der Waals surface area contributed by atoms with Crippen molar-refractivity contribution < 1.29 is 26.7 Å². The van der Waals surface area contributed by atoms with Crippen LogP contribution < -0.4 is 5.11 Å². The molecule has 0 fully saturated rings. The number of aromatic amines is 2. The van der Waals surface area contributed by atoms with Gasteiger partial charge in [0.1, 0.15) is 11.4 Å². The Kier molecular flexibility index (Phi) is 11.1.